The summed E-state index contributed by atoms with van der Waals surface area (Å²) in [5.41, 5.74) is 1.36. The van der Waals surface area contributed by atoms with Crippen LogP contribution in [0.25, 0.3) is 0 Å². The highest BCUT2D eigenvalue weighted by Gasteiger charge is 2.23. The topological polar surface area (TPSA) is 276 Å². The number of halogens is 1. The molecule has 0 radical (unpaired) electrons. The number of carboxylic acid groups (broad SMARTS) is 1. The predicted molar refractivity (Wildman–Crippen MR) is 279 cm³/mol. The number of benzene rings is 4. The fourth-order valence-electron chi connectivity index (χ4n) is 5.98. The normalized spacial score (nSPS) is 14.4. The van der Waals surface area contributed by atoms with Gasteiger partial charge in [0.15, 0.2) is 33.9 Å². The number of phenols is 1. The molecule has 2 atom stereocenters. The van der Waals surface area contributed by atoms with Crippen LogP contribution in [0.15, 0.2) is 152 Å². The summed E-state index contributed by atoms with van der Waals surface area (Å²) in [6.45, 7) is 13.9. The molecule has 77 heavy (non-hydrogen) atoms. The van der Waals surface area contributed by atoms with E-state index < -0.39 is 40.5 Å². The molecule has 2 aliphatic rings. The Balaban J connectivity index is 0.000000230. The molecule has 3 heterocycles. The average molecular weight is 1080 g/mol. The van der Waals surface area contributed by atoms with Gasteiger partial charge >= 0.3 is 17.9 Å². The van der Waals surface area contributed by atoms with Crippen molar-refractivity contribution in [3.8, 4) is 23.0 Å². The Morgan fingerprint density at radius 2 is 1.04 bits per heavy atom. The molecule has 2 aliphatic heterocycles. The Kier molecular flexibility index (Phi) is 25.9. The summed E-state index contributed by atoms with van der Waals surface area (Å²) >= 11 is 0.729. The first-order chi connectivity index (χ1) is 37.2. The second-order valence-electron chi connectivity index (χ2n) is 15.4. The van der Waals surface area contributed by atoms with Gasteiger partial charge in [-0.15, -0.1) is 0 Å². The van der Waals surface area contributed by atoms with E-state index in [1.54, 1.807) is 78.9 Å². The van der Waals surface area contributed by atoms with E-state index in [0.29, 0.717) is 87.5 Å². The second-order valence-corrected chi connectivity index (χ2v) is 16.3. The maximum absolute atomic E-state index is 13.1. The van der Waals surface area contributed by atoms with E-state index in [1.165, 1.54) is 43.5 Å². The number of nitrogens with one attached hydrogen (secondary N) is 1. The van der Waals surface area contributed by atoms with Crippen LogP contribution in [-0.4, -0.2) is 135 Å². The number of hydrogen-bond donors (Lipinski definition) is 3. The summed E-state index contributed by atoms with van der Waals surface area (Å²) in [6.07, 6.45) is 6.95. The van der Waals surface area contributed by atoms with Crippen LogP contribution in [0.2, 0.25) is 0 Å². The Hall–Kier alpha value is -9.06. The van der Waals surface area contributed by atoms with Crippen molar-refractivity contribution in [2.75, 3.05) is 65.8 Å². The van der Waals surface area contributed by atoms with E-state index in [1.807, 2.05) is 0 Å². The summed E-state index contributed by atoms with van der Waals surface area (Å²) in [5, 5.41) is 28.1. The van der Waals surface area contributed by atoms with Gasteiger partial charge in [0.1, 0.15) is 42.8 Å². The number of nitrogens with zero attached hydrogens (tertiary/aromatic N) is 3. The standard InChI is InChI=1S/C18H18FN3O4S.C15H17NO5.C12H12O4.C9H8O4/c1-2-8-25-13-5-3-12(4-6-13)16(22-26-14-7-9-24-11-14)17(23)21-18-20-10-15(19)27-18;1-2-8-20-12-5-3-11(4-6-12)14(15(17)18)16-21-13-7-9-19-10-13;1-3-8-16-10-6-4-9(5-7-10)11(13)12(14)15-2;1-13-9(12)8(11)6-2-4-7(10)5-3-6/h2-6,10,14H,1,7-9,11H2,(H,20,21,23);2-6,13H,1,7-10H2,(H,17,18);3-7H,1,8H2,2H3;2-5,10H,1H3/b22-16+;16-14+;;/t14-;13-;;/m11../s1. The predicted octanol–water partition coefficient (Wildman–Crippen LogP) is 7.20. The smallest absolute Gasteiger partial charge is 0.379 e. The van der Waals surface area contributed by atoms with Gasteiger partial charge in [-0.25, -0.2) is 19.4 Å². The van der Waals surface area contributed by atoms with Gasteiger partial charge in [-0.1, -0.05) is 59.6 Å². The number of methoxy groups -OCH3 is 2. The fraction of sp³-hybridized carbons (Fsp3) is 0.241. The zero-order valence-corrected chi connectivity index (χ0v) is 42.6. The molecule has 0 unspecified atom stereocenters. The van der Waals surface area contributed by atoms with Crippen LogP contribution in [0.4, 0.5) is 9.52 Å². The number of phenolic OH excluding ortho intramolecular Hbond substituents is 1. The van der Waals surface area contributed by atoms with Gasteiger partial charge in [0.2, 0.25) is 0 Å². The number of aromatic hydroxyl groups is 1. The van der Waals surface area contributed by atoms with Crippen molar-refractivity contribution < 1.29 is 86.2 Å². The van der Waals surface area contributed by atoms with Crippen molar-refractivity contribution in [3.63, 3.8) is 0 Å². The Labute approximate surface area is 445 Å². The zero-order chi connectivity index (χ0) is 56.0. The number of thiazole rings is 1. The van der Waals surface area contributed by atoms with E-state index in [2.05, 4.69) is 49.8 Å². The van der Waals surface area contributed by atoms with Gasteiger partial charge in [0, 0.05) is 35.1 Å². The van der Waals surface area contributed by atoms with Gasteiger partial charge in [0.05, 0.1) is 46.8 Å². The number of amides is 1. The number of carbonyl (C=O) groups excluding carboxylic acids is 5. The fourth-order valence-corrected chi connectivity index (χ4v) is 6.51. The van der Waals surface area contributed by atoms with Crippen LogP contribution in [0.1, 0.15) is 44.7 Å². The number of anilines is 1. The Bertz CT molecular complexity index is 2810. The number of Topliss-reactive ketones (excluding diaryl/α,β-unsaturated/α-hetero) is 2. The van der Waals surface area contributed by atoms with Gasteiger partial charge in [0.25, 0.3) is 17.5 Å². The third-order valence-corrected chi connectivity index (χ3v) is 10.5. The highest BCUT2D eigenvalue weighted by Crippen LogP contribution is 2.20. The van der Waals surface area contributed by atoms with Crippen LogP contribution < -0.4 is 19.5 Å². The molecule has 5 aromatic rings. The molecule has 21 nitrogen and oxygen atoms in total. The molecule has 0 spiro atoms. The first-order valence-corrected chi connectivity index (χ1v) is 23.9. The molecule has 0 saturated carbocycles. The van der Waals surface area contributed by atoms with Crippen molar-refractivity contribution in [1.82, 2.24) is 4.98 Å². The second kappa shape index (κ2) is 33.0. The third kappa shape index (κ3) is 21.0. The first-order valence-electron chi connectivity index (χ1n) is 23.0. The summed E-state index contributed by atoms with van der Waals surface area (Å²) < 4.78 is 48.1. The zero-order valence-electron chi connectivity index (χ0n) is 41.8. The summed E-state index contributed by atoms with van der Waals surface area (Å²) in [7, 11) is 2.31. The Morgan fingerprint density at radius 3 is 1.39 bits per heavy atom. The molecule has 0 bridgehead atoms. The summed E-state index contributed by atoms with van der Waals surface area (Å²) in [4.78, 5) is 82.6. The first kappa shape index (κ1) is 60.5. The molecule has 2 saturated heterocycles. The number of rotatable bonds is 22. The highest BCUT2D eigenvalue weighted by atomic mass is 32.1. The molecular formula is C54H55FN4O17S. The number of ketones is 2. The van der Waals surface area contributed by atoms with Crippen molar-refractivity contribution in [3.05, 3.63) is 169 Å². The molecule has 0 aliphatic carbocycles. The van der Waals surface area contributed by atoms with Crippen molar-refractivity contribution in [2.45, 2.75) is 25.0 Å². The van der Waals surface area contributed by atoms with Crippen LogP contribution in [0.3, 0.4) is 0 Å². The number of carbonyl (C=O) groups is 6. The molecule has 1 aromatic heterocycles. The molecule has 4 aromatic carbocycles. The van der Waals surface area contributed by atoms with Crippen molar-refractivity contribution in [1.29, 1.82) is 0 Å². The number of oxime groups is 2. The lowest BCUT2D eigenvalue weighted by molar-refractivity contribution is -0.135. The number of esters is 2. The molecule has 7 rings (SSSR count). The number of aromatic nitrogens is 1. The number of aliphatic carboxylic acids is 1. The summed E-state index contributed by atoms with van der Waals surface area (Å²) in [6, 6.07) is 25.0. The number of hydrogen-bond acceptors (Lipinski definition) is 20. The van der Waals surface area contributed by atoms with Gasteiger partial charge in [-0.3, -0.25) is 19.7 Å². The molecule has 1 amide bonds. The maximum Gasteiger partial charge on any atom is 0.379 e. The minimum atomic E-state index is -1.14. The lowest BCUT2D eigenvalue weighted by Gasteiger charge is -2.10. The van der Waals surface area contributed by atoms with Crippen LogP contribution in [0.5, 0.6) is 23.0 Å². The monoisotopic (exact) mass is 1080 g/mol. The molecular weight excluding hydrogens is 1030 g/mol. The SMILES string of the molecule is C=CCOc1ccc(/C(=N\O[C@@H]2CCOC2)C(=O)Nc2ncc(F)s2)cc1.C=CCOc1ccc(/C(=N\O[C@@H]2CCOC2)C(=O)O)cc1.C=CCOc1ccc(C(=O)C(=O)OC)cc1.COC(=O)C(=O)c1ccc(O)cc1. The average Bonchev–Trinajstić information content (AvgIpc) is 4.27. The highest BCUT2D eigenvalue weighted by molar-refractivity contribution is 7.14. The minimum Gasteiger partial charge on any atom is -0.508 e. The summed E-state index contributed by atoms with van der Waals surface area (Å²) in [5.74, 6) is -2.95. The number of ether oxygens (including phenoxy) is 7. The Morgan fingerprint density at radius 1 is 0.649 bits per heavy atom. The van der Waals surface area contributed by atoms with Gasteiger partial charge in [-0.05, 0) is 97.1 Å². The van der Waals surface area contributed by atoms with E-state index in [9.17, 15) is 38.3 Å². The van der Waals surface area contributed by atoms with Crippen LogP contribution >= 0.6 is 11.3 Å². The quantitative estimate of drug-likeness (QED) is 0.0154. The van der Waals surface area contributed by atoms with E-state index in [0.717, 1.165) is 24.6 Å². The lowest BCUT2D eigenvalue weighted by atomic mass is 10.1. The van der Waals surface area contributed by atoms with E-state index in [4.69, 9.17) is 38.5 Å². The van der Waals surface area contributed by atoms with Crippen LogP contribution in [0, 0.1) is 5.13 Å². The molecule has 2 fully saturated rings. The number of carboxylic acids is 1. The maximum atomic E-state index is 13.1. The molecule has 406 valence electrons. The molecule has 3 N–H and O–H groups in total. The van der Waals surface area contributed by atoms with E-state index >= 15 is 0 Å². The van der Waals surface area contributed by atoms with Gasteiger partial charge in [-0.2, -0.15) is 4.39 Å². The van der Waals surface area contributed by atoms with E-state index in [-0.39, 0.29) is 45.6 Å². The third-order valence-electron chi connectivity index (χ3n) is 9.82. The molecule has 23 heteroatoms. The van der Waals surface area contributed by atoms with Gasteiger partial charge < -0.3 is 53.0 Å². The van der Waals surface area contributed by atoms with Crippen molar-refractivity contribution >= 4 is 63.3 Å². The van der Waals surface area contributed by atoms with Crippen molar-refractivity contribution in [2.24, 2.45) is 10.3 Å². The minimum absolute atomic E-state index is 0.0430. The lowest BCUT2D eigenvalue weighted by Crippen LogP contribution is -2.25. The van der Waals surface area contributed by atoms with Crippen LogP contribution in [-0.2, 0) is 47.8 Å². The largest absolute Gasteiger partial charge is 0.508 e.